The number of nitrogens with one attached hydrogen (secondary N) is 1. The van der Waals surface area contributed by atoms with Crippen molar-refractivity contribution in [1.29, 1.82) is 0 Å². The molecule has 0 bridgehead atoms. The predicted octanol–water partition coefficient (Wildman–Crippen LogP) is 0.800. The lowest BCUT2D eigenvalue weighted by molar-refractivity contribution is -0.145. The Morgan fingerprint density at radius 3 is 2.54 bits per heavy atom. The minimum atomic E-state index is -0.310. The predicted molar refractivity (Wildman–Crippen MR) is 96.5 cm³/mol. The van der Waals surface area contributed by atoms with E-state index in [1.165, 1.54) is 16.7 Å². The number of rotatable bonds is 4. The van der Waals surface area contributed by atoms with Crippen molar-refractivity contribution in [2.45, 2.75) is 26.8 Å². The molecule has 7 nitrogen and oxygen atoms in total. The first-order valence-corrected chi connectivity index (χ1v) is 8.58. The summed E-state index contributed by atoms with van der Waals surface area (Å²) >= 11 is 0. The Morgan fingerprint density at radius 2 is 1.88 bits per heavy atom. The zero-order valence-corrected chi connectivity index (χ0v) is 15.0. The van der Waals surface area contributed by atoms with E-state index in [0.717, 1.165) is 5.56 Å². The van der Waals surface area contributed by atoms with Gasteiger partial charge < -0.3 is 14.8 Å². The molecule has 1 N–H and O–H groups in total. The van der Waals surface area contributed by atoms with Gasteiger partial charge in [0.25, 0.3) is 5.56 Å². The zero-order valence-electron chi connectivity index (χ0n) is 15.0. The molecular formula is C19H22N4O3. The normalized spacial score (nSPS) is 14.6. The van der Waals surface area contributed by atoms with Crippen molar-refractivity contribution in [1.82, 2.24) is 19.8 Å². The fourth-order valence-electron chi connectivity index (χ4n) is 2.91. The van der Waals surface area contributed by atoms with Gasteiger partial charge in [-0.05, 0) is 19.4 Å². The van der Waals surface area contributed by atoms with Gasteiger partial charge in [0, 0.05) is 31.4 Å². The summed E-state index contributed by atoms with van der Waals surface area (Å²) in [7, 11) is 0. The summed E-state index contributed by atoms with van der Waals surface area (Å²) in [6.07, 6.45) is 1.37. The van der Waals surface area contributed by atoms with Crippen LogP contribution in [0.4, 0.5) is 0 Å². The molecule has 1 aromatic heterocycles. The van der Waals surface area contributed by atoms with E-state index in [0.29, 0.717) is 31.0 Å². The lowest BCUT2D eigenvalue weighted by atomic mass is 10.1. The van der Waals surface area contributed by atoms with E-state index in [1.807, 2.05) is 31.2 Å². The molecule has 2 amide bonds. The highest BCUT2D eigenvalue weighted by Gasteiger charge is 2.27. The zero-order chi connectivity index (χ0) is 18.7. The summed E-state index contributed by atoms with van der Waals surface area (Å²) < 4.78 is 0. The molecule has 0 spiro atoms. The second kappa shape index (κ2) is 7.51. The van der Waals surface area contributed by atoms with Crippen LogP contribution in [-0.4, -0.2) is 51.2 Å². The lowest BCUT2D eigenvalue weighted by Crippen LogP contribution is -2.52. The van der Waals surface area contributed by atoms with Crippen LogP contribution in [0.25, 0.3) is 0 Å². The van der Waals surface area contributed by atoms with E-state index in [4.69, 9.17) is 0 Å². The summed E-state index contributed by atoms with van der Waals surface area (Å²) in [4.78, 5) is 46.5. The first-order chi connectivity index (χ1) is 12.4. The van der Waals surface area contributed by atoms with Crippen LogP contribution in [0.2, 0.25) is 0 Å². The first kappa shape index (κ1) is 17.8. The number of aromatic amines is 1. The molecule has 0 radical (unpaired) electrons. The largest absolute Gasteiger partial charge is 0.335 e. The number of carbonyl (C=O) groups is 2. The minimum absolute atomic E-state index is 0.0435. The number of carbonyl (C=O) groups excluding carboxylic acids is 2. The number of amides is 2. The van der Waals surface area contributed by atoms with Crippen LogP contribution in [0.15, 0.2) is 35.3 Å². The van der Waals surface area contributed by atoms with E-state index in [9.17, 15) is 14.4 Å². The summed E-state index contributed by atoms with van der Waals surface area (Å²) in [6, 6.07) is 8.06. The molecule has 1 fully saturated rings. The van der Waals surface area contributed by atoms with Gasteiger partial charge in [-0.2, -0.15) is 0 Å². The highest BCUT2D eigenvalue weighted by molar-refractivity contribution is 5.86. The van der Waals surface area contributed by atoms with Crippen molar-refractivity contribution in [3.63, 3.8) is 0 Å². The fourth-order valence-corrected chi connectivity index (χ4v) is 2.91. The maximum Gasteiger partial charge on any atom is 0.254 e. The number of piperazine rings is 1. The van der Waals surface area contributed by atoms with Crippen LogP contribution in [0, 0.1) is 13.8 Å². The summed E-state index contributed by atoms with van der Waals surface area (Å²) in [5.41, 5.74) is 2.25. The molecule has 0 atom stereocenters. The standard InChI is InChI=1S/C19H22N4O3/c1-13-3-5-15(6-4-13)11-22-7-8-23(12-18(22)25)17(24)9-16-10-20-14(2)21-19(16)26/h3-6,10H,7-9,11-12H2,1-2H3,(H,20,21,26). The molecule has 1 saturated heterocycles. The Hall–Kier alpha value is -2.96. The molecule has 2 aromatic rings. The molecule has 2 heterocycles. The Labute approximate surface area is 151 Å². The van der Waals surface area contributed by atoms with Crippen LogP contribution in [-0.2, 0) is 22.6 Å². The summed E-state index contributed by atoms with van der Waals surface area (Å²) in [5.74, 6) is 0.191. The van der Waals surface area contributed by atoms with Crippen molar-refractivity contribution in [3.05, 3.63) is 63.3 Å². The Bertz CT molecular complexity index is 873. The Balaban J connectivity index is 1.59. The van der Waals surface area contributed by atoms with E-state index < -0.39 is 0 Å². The summed E-state index contributed by atoms with van der Waals surface area (Å²) in [6.45, 7) is 5.24. The molecule has 26 heavy (non-hydrogen) atoms. The average molecular weight is 354 g/mol. The van der Waals surface area contributed by atoms with E-state index in [1.54, 1.807) is 11.8 Å². The van der Waals surface area contributed by atoms with E-state index in [2.05, 4.69) is 9.97 Å². The molecule has 7 heteroatoms. The van der Waals surface area contributed by atoms with Gasteiger partial charge in [-0.25, -0.2) is 4.98 Å². The van der Waals surface area contributed by atoms with Crippen molar-refractivity contribution in [2.24, 2.45) is 0 Å². The van der Waals surface area contributed by atoms with Crippen molar-refractivity contribution >= 4 is 11.8 Å². The number of aromatic nitrogens is 2. The van der Waals surface area contributed by atoms with Crippen LogP contribution in [0.5, 0.6) is 0 Å². The Kier molecular flexibility index (Phi) is 5.16. The second-order valence-electron chi connectivity index (χ2n) is 6.62. The number of hydrogen-bond acceptors (Lipinski definition) is 4. The molecule has 1 aromatic carbocycles. The molecule has 3 rings (SSSR count). The molecule has 1 aliphatic heterocycles. The molecule has 0 saturated carbocycles. The molecular weight excluding hydrogens is 332 g/mol. The van der Waals surface area contributed by atoms with Crippen LogP contribution in [0.1, 0.15) is 22.5 Å². The SMILES string of the molecule is Cc1ccc(CN2CCN(C(=O)Cc3cnc(C)[nH]c3=O)CC2=O)cc1. The smallest absolute Gasteiger partial charge is 0.254 e. The quantitative estimate of drug-likeness (QED) is 0.880. The van der Waals surface area contributed by atoms with Gasteiger partial charge in [0.2, 0.25) is 11.8 Å². The Morgan fingerprint density at radius 1 is 1.15 bits per heavy atom. The third-order valence-electron chi connectivity index (χ3n) is 4.51. The van der Waals surface area contributed by atoms with Crippen molar-refractivity contribution in [3.8, 4) is 0 Å². The molecule has 0 unspecified atom stereocenters. The third kappa shape index (κ3) is 4.17. The van der Waals surface area contributed by atoms with Crippen LogP contribution >= 0.6 is 0 Å². The summed E-state index contributed by atoms with van der Waals surface area (Å²) in [5, 5.41) is 0. The van der Waals surface area contributed by atoms with Gasteiger partial charge >= 0.3 is 0 Å². The van der Waals surface area contributed by atoms with E-state index >= 15 is 0 Å². The topological polar surface area (TPSA) is 86.4 Å². The van der Waals surface area contributed by atoms with Gasteiger partial charge in [0.05, 0.1) is 13.0 Å². The van der Waals surface area contributed by atoms with E-state index in [-0.39, 0.29) is 30.3 Å². The fraction of sp³-hybridized carbons (Fsp3) is 0.368. The van der Waals surface area contributed by atoms with Crippen LogP contribution < -0.4 is 5.56 Å². The maximum absolute atomic E-state index is 12.4. The third-order valence-corrected chi connectivity index (χ3v) is 4.51. The molecule has 1 aliphatic rings. The maximum atomic E-state index is 12.4. The highest BCUT2D eigenvalue weighted by atomic mass is 16.2. The van der Waals surface area contributed by atoms with Gasteiger partial charge in [0.15, 0.2) is 0 Å². The first-order valence-electron chi connectivity index (χ1n) is 8.58. The molecule has 136 valence electrons. The monoisotopic (exact) mass is 354 g/mol. The lowest BCUT2D eigenvalue weighted by Gasteiger charge is -2.34. The van der Waals surface area contributed by atoms with Gasteiger partial charge in [0.1, 0.15) is 5.82 Å². The number of aryl methyl sites for hydroxylation is 2. The minimum Gasteiger partial charge on any atom is -0.335 e. The van der Waals surface area contributed by atoms with Crippen molar-refractivity contribution < 1.29 is 9.59 Å². The van der Waals surface area contributed by atoms with Gasteiger partial charge in [-0.3, -0.25) is 14.4 Å². The average Bonchev–Trinajstić information content (AvgIpc) is 2.61. The number of benzene rings is 1. The van der Waals surface area contributed by atoms with Gasteiger partial charge in [-0.1, -0.05) is 29.8 Å². The van der Waals surface area contributed by atoms with Crippen molar-refractivity contribution in [2.75, 3.05) is 19.6 Å². The van der Waals surface area contributed by atoms with Crippen LogP contribution in [0.3, 0.4) is 0 Å². The number of hydrogen-bond donors (Lipinski definition) is 1. The number of nitrogens with zero attached hydrogens (tertiary/aromatic N) is 3. The highest BCUT2D eigenvalue weighted by Crippen LogP contribution is 2.11. The second-order valence-corrected chi connectivity index (χ2v) is 6.62. The molecule has 0 aliphatic carbocycles. The number of H-pyrrole nitrogens is 1. The van der Waals surface area contributed by atoms with Gasteiger partial charge in [-0.15, -0.1) is 0 Å².